The number of fused-ring (bicyclic) bond motifs is 1. The number of hydrogen-bond acceptors (Lipinski definition) is 6. The van der Waals surface area contributed by atoms with Gasteiger partial charge in [0.05, 0.1) is 15.9 Å². The number of nitro benzene ring substituents is 2. The van der Waals surface area contributed by atoms with Gasteiger partial charge in [-0.3, -0.25) is 34.7 Å². The topological polar surface area (TPSA) is 139 Å². The largest absolute Gasteiger partial charge is 0.320 e. The highest BCUT2D eigenvalue weighted by Crippen LogP contribution is 2.39. The Hall–Kier alpha value is -4.08. The molecule has 30 heavy (non-hydrogen) atoms. The van der Waals surface area contributed by atoms with Crippen molar-refractivity contribution in [1.29, 1.82) is 0 Å². The lowest BCUT2D eigenvalue weighted by Gasteiger charge is -2.23. The third kappa shape index (κ3) is 3.39. The predicted molar refractivity (Wildman–Crippen MR) is 111 cm³/mol. The molecule has 0 fully saturated rings. The Morgan fingerprint density at radius 3 is 2.20 bits per heavy atom. The van der Waals surface area contributed by atoms with Gasteiger partial charge in [-0.2, -0.15) is 0 Å². The predicted octanol–water partition coefficient (Wildman–Crippen LogP) is 3.95. The number of nitrogens with zero attached hydrogens (tertiary/aromatic N) is 3. The van der Waals surface area contributed by atoms with Crippen LogP contribution in [-0.2, 0) is 4.79 Å². The number of anilines is 2. The molecule has 0 spiro atoms. The average Bonchev–Trinajstić information content (AvgIpc) is 2.64. The first-order chi connectivity index (χ1) is 14.0. The third-order valence-corrected chi connectivity index (χ3v) is 4.86. The van der Waals surface area contributed by atoms with Gasteiger partial charge in [-0.1, -0.05) is 11.6 Å². The van der Waals surface area contributed by atoms with Crippen LogP contribution in [0.3, 0.4) is 0 Å². The van der Waals surface area contributed by atoms with Crippen LogP contribution < -0.4 is 10.5 Å². The fraction of sp³-hybridized carbons (Fsp3) is 0.200. The molecule has 0 aliphatic carbocycles. The standard InChI is InChI=1S/C20H18N4O6/c1-10-5-6-15-14(7-10)12(3)19(20(26)21-15)22(13(4)25)17-8-11(2)16(23(27)28)9-18(17)24(29)30/h5-9H,1-4H3,(H,21,26). The van der Waals surface area contributed by atoms with Crippen LogP contribution in [0.5, 0.6) is 0 Å². The van der Waals surface area contributed by atoms with Crippen molar-refractivity contribution in [2.24, 2.45) is 0 Å². The maximum atomic E-state index is 12.9. The Morgan fingerprint density at radius 1 is 1.00 bits per heavy atom. The number of aromatic nitrogens is 1. The summed E-state index contributed by atoms with van der Waals surface area (Å²) in [6, 6.07) is 7.37. The molecule has 0 aliphatic heterocycles. The maximum absolute atomic E-state index is 12.9. The lowest BCUT2D eigenvalue weighted by atomic mass is 10.0. The molecule has 1 heterocycles. The Morgan fingerprint density at radius 2 is 1.63 bits per heavy atom. The number of pyridine rings is 1. The summed E-state index contributed by atoms with van der Waals surface area (Å²) in [7, 11) is 0. The van der Waals surface area contributed by atoms with Gasteiger partial charge in [-0.25, -0.2) is 0 Å². The molecule has 0 unspecified atom stereocenters. The molecule has 0 bridgehead atoms. The lowest BCUT2D eigenvalue weighted by molar-refractivity contribution is -0.394. The number of nitro groups is 2. The number of carbonyl (C=O) groups excluding carboxylic acids is 1. The van der Waals surface area contributed by atoms with Gasteiger partial charge in [0.1, 0.15) is 11.4 Å². The van der Waals surface area contributed by atoms with Crippen molar-refractivity contribution in [2.45, 2.75) is 27.7 Å². The van der Waals surface area contributed by atoms with Crippen molar-refractivity contribution in [1.82, 2.24) is 4.98 Å². The first-order valence-electron chi connectivity index (χ1n) is 8.90. The van der Waals surface area contributed by atoms with Gasteiger partial charge in [0, 0.05) is 23.4 Å². The molecule has 0 saturated carbocycles. The van der Waals surface area contributed by atoms with Crippen molar-refractivity contribution >= 4 is 39.6 Å². The molecular weight excluding hydrogens is 392 g/mol. The van der Waals surface area contributed by atoms with E-state index >= 15 is 0 Å². The number of hydrogen-bond donors (Lipinski definition) is 1. The van der Waals surface area contributed by atoms with Crippen LogP contribution in [0.15, 0.2) is 35.1 Å². The van der Waals surface area contributed by atoms with Gasteiger partial charge in [-0.15, -0.1) is 0 Å². The van der Waals surface area contributed by atoms with Gasteiger partial charge in [0.2, 0.25) is 5.91 Å². The Labute approximate surface area is 170 Å². The van der Waals surface area contributed by atoms with E-state index in [1.54, 1.807) is 13.0 Å². The molecule has 1 amide bonds. The fourth-order valence-electron chi connectivity index (χ4n) is 3.47. The number of aryl methyl sites for hydroxylation is 3. The molecule has 154 valence electrons. The highest BCUT2D eigenvalue weighted by molar-refractivity contribution is 6.04. The molecule has 1 aromatic heterocycles. The van der Waals surface area contributed by atoms with Gasteiger partial charge < -0.3 is 4.98 Å². The summed E-state index contributed by atoms with van der Waals surface area (Å²) >= 11 is 0. The number of amides is 1. The number of carbonyl (C=O) groups is 1. The van der Waals surface area contributed by atoms with E-state index in [1.807, 2.05) is 19.1 Å². The third-order valence-electron chi connectivity index (χ3n) is 4.86. The maximum Gasteiger partial charge on any atom is 0.300 e. The highest BCUT2D eigenvalue weighted by Gasteiger charge is 2.31. The van der Waals surface area contributed by atoms with Gasteiger partial charge in [0.25, 0.3) is 16.9 Å². The van der Waals surface area contributed by atoms with Crippen LogP contribution in [0.25, 0.3) is 10.9 Å². The molecule has 1 N–H and O–H groups in total. The quantitative estimate of drug-likeness (QED) is 0.510. The average molecular weight is 410 g/mol. The van der Waals surface area contributed by atoms with Crippen molar-refractivity contribution in [3.8, 4) is 0 Å². The van der Waals surface area contributed by atoms with E-state index < -0.39 is 32.7 Å². The minimum absolute atomic E-state index is 0.0723. The Kier molecular flexibility index (Phi) is 5.09. The van der Waals surface area contributed by atoms with Crippen LogP contribution in [0.1, 0.15) is 23.6 Å². The van der Waals surface area contributed by atoms with Crippen molar-refractivity contribution in [3.05, 3.63) is 77.6 Å². The zero-order valence-electron chi connectivity index (χ0n) is 16.7. The first-order valence-corrected chi connectivity index (χ1v) is 8.90. The molecule has 3 rings (SSSR count). The van der Waals surface area contributed by atoms with Gasteiger partial charge in [0.15, 0.2) is 0 Å². The van der Waals surface area contributed by atoms with E-state index in [2.05, 4.69) is 4.98 Å². The highest BCUT2D eigenvalue weighted by atomic mass is 16.6. The second-order valence-corrected chi connectivity index (χ2v) is 6.97. The summed E-state index contributed by atoms with van der Waals surface area (Å²) in [4.78, 5) is 50.4. The second kappa shape index (κ2) is 7.39. The molecule has 3 aromatic rings. The second-order valence-electron chi connectivity index (χ2n) is 6.97. The zero-order chi connectivity index (χ0) is 22.3. The number of benzene rings is 2. The minimum atomic E-state index is -0.813. The van der Waals surface area contributed by atoms with Gasteiger partial charge >= 0.3 is 0 Å². The molecule has 0 atom stereocenters. The van der Waals surface area contributed by atoms with Crippen LogP contribution in [0, 0.1) is 41.0 Å². The van der Waals surface area contributed by atoms with E-state index in [9.17, 15) is 29.8 Å². The molecular formula is C20H18N4O6. The first kappa shape index (κ1) is 20.6. The zero-order valence-corrected chi connectivity index (χ0v) is 16.7. The minimum Gasteiger partial charge on any atom is -0.320 e. The van der Waals surface area contributed by atoms with E-state index in [-0.39, 0.29) is 16.9 Å². The molecule has 0 saturated heterocycles. The normalized spacial score (nSPS) is 10.8. The SMILES string of the molecule is CC(=O)N(c1cc(C)c([N+](=O)[O-])cc1[N+](=O)[O-])c1c(C)c2cc(C)ccc2[nH]c1=O. The number of H-pyrrole nitrogens is 1. The van der Waals surface area contributed by atoms with Crippen LogP contribution >= 0.6 is 0 Å². The van der Waals surface area contributed by atoms with E-state index in [1.165, 1.54) is 19.9 Å². The smallest absolute Gasteiger partial charge is 0.300 e. The molecule has 10 heteroatoms. The molecule has 0 aliphatic rings. The number of rotatable bonds is 4. The Balaban J connectivity index is 2.40. The monoisotopic (exact) mass is 410 g/mol. The van der Waals surface area contributed by atoms with Crippen LogP contribution in [0.2, 0.25) is 0 Å². The van der Waals surface area contributed by atoms with Crippen molar-refractivity contribution in [2.75, 3.05) is 4.90 Å². The molecule has 10 nitrogen and oxygen atoms in total. The summed E-state index contributed by atoms with van der Waals surface area (Å²) in [5.41, 5.74) is 0.0762. The van der Waals surface area contributed by atoms with E-state index in [0.29, 0.717) is 16.5 Å². The fourth-order valence-corrected chi connectivity index (χ4v) is 3.47. The van der Waals surface area contributed by atoms with E-state index in [0.717, 1.165) is 16.5 Å². The summed E-state index contributed by atoms with van der Waals surface area (Å²) in [5, 5.41) is 23.5. The van der Waals surface area contributed by atoms with Gasteiger partial charge in [-0.05, 0) is 44.5 Å². The summed E-state index contributed by atoms with van der Waals surface area (Å²) in [6.45, 7) is 6.09. The molecule has 2 aromatic carbocycles. The molecule has 0 radical (unpaired) electrons. The lowest BCUT2D eigenvalue weighted by Crippen LogP contribution is -2.30. The number of nitrogens with one attached hydrogen (secondary N) is 1. The summed E-state index contributed by atoms with van der Waals surface area (Å²) in [5.74, 6) is -0.646. The summed E-state index contributed by atoms with van der Waals surface area (Å²) < 4.78 is 0. The van der Waals surface area contributed by atoms with Crippen LogP contribution in [-0.4, -0.2) is 20.7 Å². The summed E-state index contributed by atoms with van der Waals surface area (Å²) in [6.07, 6.45) is 0. The van der Waals surface area contributed by atoms with Crippen molar-refractivity contribution in [3.63, 3.8) is 0 Å². The Bertz CT molecular complexity index is 1290. The van der Waals surface area contributed by atoms with Crippen LogP contribution in [0.4, 0.5) is 22.7 Å². The number of aromatic amines is 1. The van der Waals surface area contributed by atoms with E-state index in [4.69, 9.17) is 0 Å². The van der Waals surface area contributed by atoms with Crippen molar-refractivity contribution < 1.29 is 14.6 Å².